The summed E-state index contributed by atoms with van der Waals surface area (Å²) in [4.78, 5) is 19.1. The van der Waals surface area contributed by atoms with Crippen molar-refractivity contribution in [1.82, 2.24) is 39.3 Å². The smallest absolute Gasteiger partial charge is 0.316 e. The van der Waals surface area contributed by atoms with E-state index in [2.05, 4.69) is 35.0 Å². The van der Waals surface area contributed by atoms with Crippen LogP contribution in [0, 0.1) is 6.92 Å². The lowest BCUT2D eigenvalue weighted by molar-refractivity contribution is 0.214. The van der Waals surface area contributed by atoms with Crippen LogP contribution in [0.2, 0.25) is 0 Å². The lowest BCUT2D eigenvalue weighted by Gasteiger charge is -2.34. The van der Waals surface area contributed by atoms with Crippen molar-refractivity contribution in [1.29, 1.82) is 0 Å². The molecular weight excluding hydrogens is 346 g/mol. The summed E-state index contributed by atoms with van der Waals surface area (Å²) in [6.45, 7) is 3.80. The SMILES string of the molecule is Cc1cc(N2Cc3ccnn3C(COc3ncccn3)C2)n2ncnc2n1. The van der Waals surface area contributed by atoms with E-state index in [0.717, 1.165) is 23.8 Å². The first-order valence-corrected chi connectivity index (χ1v) is 8.62. The molecule has 1 atom stereocenters. The highest BCUT2D eigenvalue weighted by Crippen LogP contribution is 2.26. The van der Waals surface area contributed by atoms with E-state index in [1.165, 1.54) is 6.33 Å². The number of aryl methyl sites for hydroxylation is 1. The molecule has 0 aromatic carbocycles. The van der Waals surface area contributed by atoms with Gasteiger partial charge < -0.3 is 9.64 Å². The van der Waals surface area contributed by atoms with E-state index >= 15 is 0 Å². The summed E-state index contributed by atoms with van der Waals surface area (Å²) in [5, 5.41) is 8.80. The molecule has 0 aliphatic carbocycles. The van der Waals surface area contributed by atoms with Gasteiger partial charge in [0.15, 0.2) is 0 Å². The molecule has 0 spiro atoms. The zero-order valence-electron chi connectivity index (χ0n) is 14.7. The quantitative estimate of drug-likeness (QED) is 0.531. The summed E-state index contributed by atoms with van der Waals surface area (Å²) < 4.78 is 9.56. The van der Waals surface area contributed by atoms with Crippen molar-refractivity contribution < 1.29 is 4.74 Å². The van der Waals surface area contributed by atoms with Crippen LogP contribution in [0.25, 0.3) is 5.78 Å². The van der Waals surface area contributed by atoms with E-state index in [-0.39, 0.29) is 6.04 Å². The number of aromatic nitrogens is 8. The van der Waals surface area contributed by atoms with Gasteiger partial charge in [0.1, 0.15) is 24.8 Å². The molecule has 5 heterocycles. The van der Waals surface area contributed by atoms with Crippen LogP contribution in [0.1, 0.15) is 17.4 Å². The topological polar surface area (TPSA) is 99.2 Å². The van der Waals surface area contributed by atoms with Crippen molar-refractivity contribution >= 4 is 11.6 Å². The van der Waals surface area contributed by atoms with Crippen LogP contribution < -0.4 is 9.64 Å². The predicted octanol–water partition coefficient (Wildman–Crippen LogP) is 1.06. The maximum absolute atomic E-state index is 5.80. The summed E-state index contributed by atoms with van der Waals surface area (Å²) in [5.74, 6) is 1.54. The van der Waals surface area contributed by atoms with E-state index in [1.54, 1.807) is 23.0 Å². The van der Waals surface area contributed by atoms with Gasteiger partial charge in [-0.1, -0.05) is 0 Å². The average molecular weight is 363 g/mol. The second kappa shape index (κ2) is 6.31. The fourth-order valence-electron chi connectivity index (χ4n) is 3.35. The third-order valence-electron chi connectivity index (χ3n) is 4.51. The normalized spacial score (nSPS) is 16.5. The molecule has 10 nitrogen and oxygen atoms in total. The zero-order valence-corrected chi connectivity index (χ0v) is 14.7. The van der Waals surface area contributed by atoms with Gasteiger partial charge in [0.05, 0.1) is 12.2 Å². The van der Waals surface area contributed by atoms with E-state index in [4.69, 9.17) is 4.74 Å². The highest BCUT2D eigenvalue weighted by molar-refractivity contribution is 5.48. The number of rotatable bonds is 4. The van der Waals surface area contributed by atoms with E-state index < -0.39 is 0 Å². The Morgan fingerprint density at radius 3 is 2.93 bits per heavy atom. The zero-order chi connectivity index (χ0) is 18.2. The van der Waals surface area contributed by atoms with Gasteiger partial charge in [-0.05, 0) is 19.1 Å². The van der Waals surface area contributed by atoms with Crippen molar-refractivity contribution in [2.24, 2.45) is 0 Å². The Morgan fingerprint density at radius 1 is 1.15 bits per heavy atom. The van der Waals surface area contributed by atoms with Gasteiger partial charge in [-0.2, -0.15) is 19.7 Å². The van der Waals surface area contributed by atoms with Crippen LogP contribution in [-0.4, -0.2) is 52.5 Å². The van der Waals surface area contributed by atoms with Crippen LogP contribution in [0.4, 0.5) is 5.82 Å². The maximum Gasteiger partial charge on any atom is 0.316 e. The summed E-state index contributed by atoms with van der Waals surface area (Å²) in [5.41, 5.74) is 2.00. The molecule has 0 amide bonds. The summed E-state index contributed by atoms with van der Waals surface area (Å²) in [7, 11) is 0. The van der Waals surface area contributed by atoms with Crippen molar-refractivity contribution in [3.8, 4) is 6.01 Å². The molecule has 27 heavy (non-hydrogen) atoms. The number of fused-ring (bicyclic) bond motifs is 2. The summed E-state index contributed by atoms with van der Waals surface area (Å²) in [6.07, 6.45) is 6.66. The number of hydrogen-bond acceptors (Lipinski definition) is 8. The summed E-state index contributed by atoms with van der Waals surface area (Å²) in [6, 6.07) is 6.17. The van der Waals surface area contributed by atoms with Crippen LogP contribution in [0.3, 0.4) is 0 Å². The molecule has 0 bridgehead atoms. The van der Waals surface area contributed by atoms with Crippen molar-refractivity contribution in [2.75, 3.05) is 18.1 Å². The Morgan fingerprint density at radius 2 is 2.04 bits per heavy atom. The molecule has 1 aliphatic rings. The molecule has 1 aliphatic heterocycles. The predicted molar refractivity (Wildman–Crippen MR) is 95.4 cm³/mol. The van der Waals surface area contributed by atoms with Gasteiger partial charge in [0.2, 0.25) is 0 Å². The standard InChI is InChI=1S/C17H17N9O/c1-12-7-15(26-16(23-12)20-11-22-26)24-8-13-3-6-21-25(13)14(9-24)10-27-17-18-4-2-5-19-17/h2-7,11,14H,8-10H2,1H3. The molecule has 0 radical (unpaired) electrons. The largest absolute Gasteiger partial charge is 0.461 e. The van der Waals surface area contributed by atoms with Crippen LogP contribution in [0.15, 0.2) is 43.1 Å². The molecule has 0 saturated carbocycles. The number of nitrogens with zero attached hydrogens (tertiary/aromatic N) is 9. The lowest BCUT2D eigenvalue weighted by Crippen LogP contribution is -2.41. The fraction of sp³-hybridized carbons (Fsp3) is 0.294. The van der Waals surface area contributed by atoms with Gasteiger partial charge >= 0.3 is 6.01 Å². The Bertz CT molecular complexity index is 1070. The third-order valence-corrected chi connectivity index (χ3v) is 4.51. The molecule has 0 N–H and O–H groups in total. The Balaban J connectivity index is 1.46. The molecular formula is C17H17N9O. The van der Waals surface area contributed by atoms with E-state index in [9.17, 15) is 0 Å². The first-order valence-electron chi connectivity index (χ1n) is 8.62. The Labute approximate surface area is 154 Å². The van der Waals surface area contributed by atoms with Gasteiger partial charge in [-0.3, -0.25) is 4.68 Å². The number of ether oxygens (including phenoxy) is 1. The Hall–Kier alpha value is -3.56. The number of anilines is 1. The van der Waals surface area contributed by atoms with Crippen molar-refractivity contribution in [3.63, 3.8) is 0 Å². The monoisotopic (exact) mass is 363 g/mol. The van der Waals surface area contributed by atoms with E-state index in [0.29, 0.717) is 24.9 Å². The maximum atomic E-state index is 5.80. The molecule has 0 fully saturated rings. The van der Waals surface area contributed by atoms with Gasteiger partial charge in [0.25, 0.3) is 5.78 Å². The fourth-order valence-corrected chi connectivity index (χ4v) is 3.35. The first kappa shape index (κ1) is 15.7. The average Bonchev–Trinajstić information content (AvgIpc) is 3.35. The highest BCUT2D eigenvalue weighted by atomic mass is 16.5. The second-order valence-electron chi connectivity index (χ2n) is 6.37. The minimum Gasteiger partial charge on any atom is -0.461 e. The minimum atomic E-state index is 0.0135. The van der Waals surface area contributed by atoms with Crippen LogP contribution in [-0.2, 0) is 6.54 Å². The first-order chi connectivity index (χ1) is 13.3. The molecule has 4 aromatic rings. The molecule has 4 aromatic heterocycles. The van der Waals surface area contributed by atoms with Crippen molar-refractivity contribution in [2.45, 2.75) is 19.5 Å². The van der Waals surface area contributed by atoms with E-state index in [1.807, 2.05) is 29.9 Å². The Kier molecular flexibility index (Phi) is 3.66. The lowest BCUT2D eigenvalue weighted by atomic mass is 10.2. The second-order valence-corrected chi connectivity index (χ2v) is 6.37. The van der Waals surface area contributed by atoms with Gasteiger partial charge in [-0.25, -0.2) is 15.0 Å². The number of hydrogen-bond donors (Lipinski definition) is 0. The van der Waals surface area contributed by atoms with Gasteiger partial charge in [-0.15, -0.1) is 0 Å². The third kappa shape index (κ3) is 2.84. The highest BCUT2D eigenvalue weighted by Gasteiger charge is 2.28. The van der Waals surface area contributed by atoms with Crippen molar-refractivity contribution in [3.05, 3.63) is 54.5 Å². The van der Waals surface area contributed by atoms with Crippen LogP contribution >= 0.6 is 0 Å². The molecule has 10 heteroatoms. The summed E-state index contributed by atoms with van der Waals surface area (Å²) >= 11 is 0. The molecule has 136 valence electrons. The molecule has 1 unspecified atom stereocenters. The van der Waals surface area contributed by atoms with Crippen LogP contribution in [0.5, 0.6) is 6.01 Å². The van der Waals surface area contributed by atoms with Gasteiger partial charge in [0, 0.05) is 36.9 Å². The minimum absolute atomic E-state index is 0.0135. The molecule has 0 saturated heterocycles. The molecule has 5 rings (SSSR count).